The number of benzene rings is 1. The molecule has 0 aliphatic rings. The van der Waals surface area contributed by atoms with Crippen LogP contribution in [0.3, 0.4) is 0 Å². The van der Waals surface area contributed by atoms with Gasteiger partial charge in [-0.25, -0.2) is 0 Å². The molecule has 1 aromatic carbocycles. The molecule has 1 heterocycles. The summed E-state index contributed by atoms with van der Waals surface area (Å²) in [6.45, 7) is 0.596. The lowest BCUT2D eigenvalue weighted by atomic mass is 10.1. The largest absolute Gasteiger partial charge is 0.416 e. The van der Waals surface area contributed by atoms with E-state index in [-0.39, 0.29) is 0 Å². The van der Waals surface area contributed by atoms with Gasteiger partial charge in [-0.15, -0.1) is 10.2 Å². The molecule has 0 saturated carbocycles. The predicted molar refractivity (Wildman–Crippen MR) is 63.1 cm³/mol. The van der Waals surface area contributed by atoms with Gasteiger partial charge in [-0.2, -0.15) is 13.2 Å². The standard InChI is InChI=1S/C11H10F3N3S/c1-15-6-9-16-17-10(18-9)7-2-4-8(5-3-7)11(12,13)14/h2-5,15H,6H2,1H3. The number of halogens is 3. The van der Waals surface area contributed by atoms with Crippen molar-refractivity contribution in [2.45, 2.75) is 12.7 Å². The fourth-order valence-electron chi connectivity index (χ4n) is 1.39. The summed E-state index contributed by atoms with van der Waals surface area (Å²) in [5.41, 5.74) is -0.0194. The smallest absolute Gasteiger partial charge is 0.313 e. The van der Waals surface area contributed by atoms with Gasteiger partial charge in [-0.1, -0.05) is 23.5 Å². The van der Waals surface area contributed by atoms with Crippen LogP contribution in [0.5, 0.6) is 0 Å². The van der Waals surface area contributed by atoms with Crippen molar-refractivity contribution < 1.29 is 13.2 Å². The van der Waals surface area contributed by atoms with Crippen LogP contribution < -0.4 is 5.32 Å². The van der Waals surface area contributed by atoms with Gasteiger partial charge in [0.25, 0.3) is 0 Å². The first kappa shape index (κ1) is 13.0. The lowest BCUT2D eigenvalue weighted by Gasteiger charge is -2.06. The molecule has 0 aliphatic carbocycles. The fraction of sp³-hybridized carbons (Fsp3) is 0.273. The molecule has 7 heteroatoms. The molecule has 2 rings (SSSR count). The third kappa shape index (κ3) is 2.85. The Hall–Kier alpha value is -1.47. The molecular formula is C11H10F3N3S. The van der Waals surface area contributed by atoms with Gasteiger partial charge in [0, 0.05) is 12.1 Å². The van der Waals surface area contributed by atoms with Crippen LogP contribution in [0, 0.1) is 0 Å². The van der Waals surface area contributed by atoms with Gasteiger partial charge in [0.2, 0.25) is 0 Å². The van der Waals surface area contributed by atoms with Crippen LogP contribution in [0.4, 0.5) is 13.2 Å². The highest BCUT2D eigenvalue weighted by molar-refractivity contribution is 7.14. The minimum Gasteiger partial charge on any atom is -0.313 e. The van der Waals surface area contributed by atoms with Crippen LogP contribution in [0.1, 0.15) is 10.6 Å². The van der Waals surface area contributed by atoms with Gasteiger partial charge >= 0.3 is 6.18 Å². The maximum Gasteiger partial charge on any atom is 0.416 e. The Morgan fingerprint density at radius 2 is 1.83 bits per heavy atom. The highest BCUT2D eigenvalue weighted by atomic mass is 32.1. The average molecular weight is 273 g/mol. The molecule has 0 bridgehead atoms. The lowest BCUT2D eigenvalue weighted by molar-refractivity contribution is -0.137. The Morgan fingerprint density at radius 1 is 1.17 bits per heavy atom. The van der Waals surface area contributed by atoms with Crippen LogP contribution in [-0.2, 0) is 12.7 Å². The van der Waals surface area contributed by atoms with Crippen molar-refractivity contribution in [2.24, 2.45) is 0 Å². The van der Waals surface area contributed by atoms with E-state index in [0.29, 0.717) is 17.1 Å². The van der Waals surface area contributed by atoms with Crippen LogP contribution in [0.25, 0.3) is 10.6 Å². The molecule has 0 aliphatic heterocycles. The molecule has 18 heavy (non-hydrogen) atoms. The Bertz CT molecular complexity index is 519. The van der Waals surface area contributed by atoms with Crippen molar-refractivity contribution in [3.05, 3.63) is 34.8 Å². The van der Waals surface area contributed by atoms with Gasteiger partial charge in [0.1, 0.15) is 10.0 Å². The average Bonchev–Trinajstić information content (AvgIpc) is 2.77. The van der Waals surface area contributed by atoms with E-state index < -0.39 is 11.7 Å². The topological polar surface area (TPSA) is 37.8 Å². The maximum absolute atomic E-state index is 12.4. The molecule has 3 nitrogen and oxygen atoms in total. The normalized spacial score (nSPS) is 11.8. The molecule has 0 fully saturated rings. The fourth-order valence-corrected chi connectivity index (χ4v) is 2.25. The van der Waals surface area contributed by atoms with Crippen molar-refractivity contribution in [1.82, 2.24) is 15.5 Å². The first-order valence-electron chi connectivity index (χ1n) is 5.15. The first-order valence-corrected chi connectivity index (χ1v) is 5.97. The zero-order valence-corrected chi connectivity index (χ0v) is 10.3. The van der Waals surface area contributed by atoms with Crippen LogP contribution >= 0.6 is 11.3 Å². The first-order chi connectivity index (χ1) is 8.50. The molecule has 1 N–H and O–H groups in total. The minimum atomic E-state index is -4.31. The number of aromatic nitrogens is 2. The van der Waals surface area contributed by atoms with Crippen LogP contribution in [-0.4, -0.2) is 17.2 Å². The number of rotatable bonds is 3. The number of nitrogens with one attached hydrogen (secondary N) is 1. The van der Waals surface area contributed by atoms with E-state index in [1.54, 1.807) is 7.05 Å². The Labute approximate surface area is 106 Å². The molecule has 0 radical (unpaired) electrons. The molecule has 1 aromatic heterocycles. The summed E-state index contributed by atoms with van der Waals surface area (Å²) >= 11 is 1.36. The Balaban J connectivity index is 2.23. The third-order valence-corrected chi connectivity index (χ3v) is 3.23. The summed E-state index contributed by atoms with van der Waals surface area (Å²) in [5.74, 6) is 0. The SMILES string of the molecule is CNCc1nnc(-c2ccc(C(F)(F)F)cc2)s1. The second kappa shape index (κ2) is 5.03. The van der Waals surface area contributed by atoms with E-state index in [4.69, 9.17) is 0 Å². The summed E-state index contributed by atoms with van der Waals surface area (Å²) in [7, 11) is 1.79. The summed E-state index contributed by atoms with van der Waals surface area (Å²) < 4.78 is 37.2. The van der Waals surface area contributed by atoms with E-state index in [2.05, 4.69) is 15.5 Å². The number of alkyl halides is 3. The van der Waals surface area contributed by atoms with Gasteiger partial charge in [-0.05, 0) is 19.2 Å². The van der Waals surface area contributed by atoms with Crippen molar-refractivity contribution in [3.63, 3.8) is 0 Å². The van der Waals surface area contributed by atoms with E-state index in [1.807, 2.05) is 0 Å². The van der Waals surface area contributed by atoms with Gasteiger partial charge < -0.3 is 5.32 Å². The van der Waals surface area contributed by atoms with Crippen LogP contribution in [0.2, 0.25) is 0 Å². The second-order valence-electron chi connectivity index (χ2n) is 3.61. The molecule has 0 saturated heterocycles. The molecule has 0 atom stereocenters. The monoisotopic (exact) mass is 273 g/mol. The van der Waals surface area contributed by atoms with Gasteiger partial charge in [0.15, 0.2) is 0 Å². The Morgan fingerprint density at radius 3 is 2.39 bits per heavy atom. The Kier molecular flexibility index (Phi) is 3.63. The summed E-state index contributed by atoms with van der Waals surface area (Å²) in [5, 5.41) is 12.2. The molecule has 0 amide bonds. The summed E-state index contributed by atoms with van der Waals surface area (Å²) in [4.78, 5) is 0. The highest BCUT2D eigenvalue weighted by Crippen LogP contribution is 2.31. The number of hydrogen-bond donors (Lipinski definition) is 1. The lowest BCUT2D eigenvalue weighted by Crippen LogP contribution is -2.04. The summed E-state index contributed by atoms with van der Waals surface area (Å²) in [6.07, 6.45) is -4.31. The molecule has 96 valence electrons. The predicted octanol–water partition coefficient (Wildman–Crippen LogP) is 2.94. The van der Waals surface area contributed by atoms with Gasteiger partial charge in [-0.3, -0.25) is 0 Å². The second-order valence-corrected chi connectivity index (χ2v) is 4.67. The van der Waals surface area contributed by atoms with Crippen LogP contribution in [0.15, 0.2) is 24.3 Å². The third-order valence-electron chi connectivity index (χ3n) is 2.25. The zero-order valence-electron chi connectivity index (χ0n) is 9.45. The summed E-state index contributed by atoms with van der Waals surface area (Å²) in [6, 6.07) is 4.92. The van der Waals surface area contributed by atoms with E-state index >= 15 is 0 Å². The molecule has 2 aromatic rings. The van der Waals surface area contributed by atoms with Crippen molar-refractivity contribution in [2.75, 3.05) is 7.05 Å². The number of nitrogens with zero attached hydrogens (tertiary/aromatic N) is 2. The minimum absolute atomic E-state index is 0.596. The molecular weight excluding hydrogens is 263 g/mol. The van der Waals surface area contributed by atoms with Crippen molar-refractivity contribution in [1.29, 1.82) is 0 Å². The molecule has 0 unspecified atom stereocenters. The zero-order chi connectivity index (χ0) is 13.2. The van der Waals surface area contributed by atoms with E-state index in [0.717, 1.165) is 17.1 Å². The van der Waals surface area contributed by atoms with Gasteiger partial charge in [0.05, 0.1) is 5.56 Å². The van der Waals surface area contributed by atoms with Crippen molar-refractivity contribution >= 4 is 11.3 Å². The highest BCUT2D eigenvalue weighted by Gasteiger charge is 2.30. The quantitative estimate of drug-likeness (QED) is 0.934. The van der Waals surface area contributed by atoms with E-state index in [1.165, 1.54) is 23.5 Å². The maximum atomic E-state index is 12.4. The molecule has 0 spiro atoms. The number of hydrogen-bond acceptors (Lipinski definition) is 4. The van der Waals surface area contributed by atoms with E-state index in [9.17, 15) is 13.2 Å². The van der Waals surface area contributed by atoms with Crippen molar-refractivity contribution in [3.8, 4) is 10.6 Å².